The molecule has 0 spiro atoms. The lowest BCUT2D eigenvalue weighted by Crippen LogP contribution is -2.30. The van der Waals surface area contributed by atoms with E-state index in [1.165, 1.54) is 0 Å². The van der Waals surface area contributed by atoms with Crippen LogP contribution in [0, 0.1) is 0 Å². The summed E-state index contributed by atoms with van der Waals surface area (Å²) < 4.78 is 0. The fourth-order valence-corrected chi connectivity index (χ4v) is 0.577. The van der Waals surface area contributed by atoms with Gasteiger partial charge in [-0.1, -0.05) is 6.58 Å². The molecule has 50 valence electrons. The average Bonchev–Trinajstić information content (AvgIpc) is 1.90. The van der Waals surface area contributed by atoms with Crippen LogP contribution in [0.4, 0.5) is 0 Å². The fraction of sp³-hybridized carbons (Fsp3) is 0.500. The van der Waals surface area contributed by atoms with Gasteiger partial charge in [0, 0.05) is 0 Å². The molecule has 0 fully saturated rings. The van der Waals surface area contributed by atoms with E-state index in [2.05, 4.69) is 17.1 Å². The Morgan fingerprint density at radius 1 is 1.89 bits per heavy atom. The number of nitrogens with zero attached hydrogens (tertiary/aromatic N) is 1. The van der Waals surface area contributed by atoms with Crippen LogP contribution in [0.3, 0.4) is 0 Å². The summed E-state index contributed by atoms with van der Waals surface area (Å²) in [6.45, 7) is 6.98. The van der Waals surface area contributed by atoms with Gasteiger partial charge in [0.1, 0.15) is 5.84 Å². The minimum atomic E-state index is 0.650. The lowest BCUT2D eigenvalue weighted by atomic mass is 10.3. The van der Waals surface area contributed by atoms with Crippen LogP contribution in [0.25, 0.3) is 0 Å². The van der Waals surface area contributed by atoms with Gasteiger partial charge >= 0.3 is 0 Å². The number of hydroxylamine groups is 1. The van der Waals surface area contributed by atoms with E-state index < -0.39 is 0 Å². The molecule has 3 nitrogen and oxygen atoms in total. The first-order valence-corrected chi connectivity index (χ1v) is 2.89. The van der Waals surface area contributed by atoms with E-state index in [-0.39, 0.29) is 0 Å². The van der Waals surface area contributed by atoms with Crippen molar-refractivity contribution in [3.05, 3.63) is 12.2 Å². The highest BCUT2D eigenvalue weighted by atomic mass is 16.6. The Hall–Kier alpha value is -0.830. The highest BCUT2D eigenvalue weighted by Gasteiger charge is 2.02. The Balaban J connectivity index is 2.57. The minimum absolute atomic E-state index is 0.650. The van der Waals surface area contributed by atoms with E-state index in [9.17, 15) is 0 Å². The molecule has 0 aromatic carbocycles. The van der Waals surface area contributed by atoms with E-state index in [0.717, 1.165) is 18.0 Å². The largest absolute Gasteiger partial charge is 0.273 e. The van der Waals surface area contributed by atoms with Crippen molar-refractivity contribution in [1.82, 2.24) is 5.48 Å². The van der Waals surface area contributed by atoms with Gasteiger partial charge in [-0.3, -0.25) is 9.83 Å². The zero-order chi connectivity index (χ0) is 6.69. The normalized spacial score (nSPS) is 18.1. The second-order valence-electron chi connectivity index (χ2n) is 1.96. The second-order valence-corrected chi connectivity index (χ2v) is 1.96. The molecule has 0 radical (unpaired) electrons. The number of amidine groups is 1. The van der Waals surface area contributed by atoms with E-state index in [1.807, 2.05) is 6.92 Å². The molecule has 9 heavy (non-hydrogen) atoms. The summed E-state index contributed by atoms with van der Waals surface area (Å²) in [6, 6.07) is 0. The standard InChI is InChI=1S/C6H10N2O/c1-5(2)6-7-3-4-9-8-6/h1,3-4H2,2H3,(H,7,8). The van der Waals surface area contributed by atoms with Gasteiger partial charge in [-0.05, 0) is 12.5 Å². The maximum atomic E-state index is 4.90. The molecule has 0 amide bonds. The molecule has 1 aliphatic heterocycles. The van der Waals surface area contributed by atoms with Crippen molar-refractivity contribution in [2.75, 3.05) is 13.2 Å². The molecule has 0 aliphatic carbocycles. The van der Waals surface area contributed by atoms with E-state index in [1.54, 1.807) is 0 Å². The van der Waals surface area contributed by atoms with E-state index in [4.69, 9.17) is 4.84 Å². The minimum Gasteiger partial charge on any atom is -0.273 e. The molecule has 0 aromatic heterocycles. The highest BCUT2D eigenvalue weighted by Crippen LogP contribution is 1.94. The molecule has 3 heteroatoms. The number of rotatable bonds is 1. The summed E-state index contributed by atoms with van der Waals surface area (Å²) in [4.78, 5) is 9.01. The Labute approximate surface area is 54.4 Å². The van der Waals surface area contributed by atoms with Gasteiger partial charge < -0.3 is 0 Å². The van der Waals surface area contributed by atoms with Crippen molar-refractivity contribution in [3.8, 4) is 0 Å². The zero-order valence-corrected chi connectivity index (χ0v) is 5.48. The second kappa shape index (κ2) is 2.64. The number of aliphatic imine (C=N–C) groups is 1. The predicted octanol–water partition coefficient (Wildman–Crippen LogP) is 0.496. The van der Waals surface area contributed by atoms with Gasteiger partial charge in [-0.15, -0.1) is 0 Å². The summed E-state index contributed by atoms with van der Waals surface area (Å²) in [6.07, 6.45) is 0. The van der Waals surface area contributed by atoms with Gasteiger partial charge in [0.2, 0.25) is 0 Å². The average molecular weight is 126 g/mol. The van der Waals surface area contributed by atoms with Crippen LogP contribution >= 0.6 is 0 Å². The van der Waals surface area contributed by atoms with Gasteiger partial charge in [-0.2, -0.15) is 0 Å². The molecule has 0 atom stereocenters. The molecule has 1 N–H and O–H groups in total. The molecule has 1 rings (SSSR count). The van der Waals surface area contributed by atoms with Gasteiger partial charge in [0.25, 0.3) is 0 Å². The quantitative estimate of drug-likeness (QED) is 0.555. The van der Waals surface area contributed by atoms with E-state index in [0.29, 0.717) is 6.61 Å². The predicted molar refractivity (Wildman–Crippen MR) is 36.2 cm³/mol. The first-order chi connectivity index (χ1) is 4.30. The van der Waals surface area contributed by atoms with Crippen molar-refractivity contribution in [2.24, 2.45) is 4.99 Å². The highest BCUT2D eigenvalue weighted by molar-refractivity contribution is 5.96. The Kier molecular flexibility index (Phi) is 1.85. The van der Waals surface area contributed by atoms with Crippen LogP contribution < -0.4 is 5.48 Å². The van der Waals surface area contributed by atoms with Crippen LogP contribution in [-0.2, 0) is 4.84 Å². The molecule has 0 saturated carbocycles. The van der Waals surface area contributed by atoms with Crippen molar-refractivity contribution in [1.29, 1.82) is 0 Å². The Bertz CT molecular complexity index is 151. The van der Waals surface area contributed by atoms with Crippen LogP contribution in [-0.4, -0.2) is 19.0 Å². The molecule has 0 aromatic rings. The van der Waals surface area contributed by atoms with Gasteiger partial charge in [0.15, 0.2) is 0 Å². The smallest absolute Gasteiger partial charge is 0.147 e. The summed E-state index contributed by atoms with van der Waals surface area (Å²) >= 11 is 0. The lowest BCUT2D eigenvalue weighted by molar-refractivity contribution is 0.0825. The summed E-state index contributed by atoms with van der Waals surface area (Å²) in [5, 5.41) is 0. The Morgan fingerprint density at radius 2 is 2.67 bits per heavy atom. The van der Waals surface area contributed by atoms with Crippen molar-refractivity contribution >= 4 is 5.84 Å². The third kappa shape index (κ3) is 1.54. The monoisotopic (exact) mass is 126 g/mol. The van der Waals surface area contributed by atoms with Crippen molar-refractivity contribution < 1.29 is 4.84 Å². The SMILES string of the molecule is C=C(C)C1=NCCON1. The summed E-state index contributed by atoms with van der Waals surface area (Å²) in [5.41, 5.74) is 3.58. The van der Waals surface area contributed by atoms with E-state index >= 15 is 0 Å². The Morgan fingerprint density at radius 3 is 3.00 bits per heavy atom. The first-order valence-electron chi connectivity index (χ1n) is 2.89. The molecule has 1 heterocycles. The molecule has 1 aliphatic rings. The number of hydrogen-bond donors (Lipinski definition) is 1. The van der Waals surface area contributed by atoms with Crippen LogP contribution in [0.1, 0.15) is 6.92 Å². The van der Waals surface area contributed by atoms with Crippen molar-refractivity contribution in [2.45, 2.75) is 6.92 Å². The topological polar surface area (TPSA) is 33.6 Å². The molecular weight excluding hydrogens is 116 g/mol. The third-order valence-corrected chi connectivity index (χ3v) is 1.04. The first kappa shape index (κ1) is 6.29. The van der Waals surface area contributed by atoms with Gasteiger partial charge in [0.05, 0.1) is 13.2 Å². The number of nitrogens with one attached hydrogen (secondary N) is 1. The summed E-state index contributed by atoms with van der Waals surface area (Å²) in [7, 11) is 0. The molecular formula is C6H10N2O. The fourth-order valence-electron chi connectivity index (χ4n) is 0.577. The maximum Gasteiger partial charge on any atom is 0.147 e. The molecule has 0 bridgehead atoms. The third-order valence-electron chi connectivity index (χ3n) is 1.04. The van der Waals surface area contributed by atoms with Gasteiger partial charge in [-0.25, -0.2) is 5.48 Å². The van der Waals surface area contributed by atoms with Crippen molar-refractivity contribution in [3.63, 3.8) is 0 Å². The maximum absolute atomic E-state index is 4.90. The zero-order valence-electron chi connectivity index (χ0n) is 5.48. The molecule has 0 unspecified atom stereocenters. The molecule has 0 saturated heterocycles. The van der Waals surface area contributed by atoms with Crippen LogP contribution in [0.15, 0.2) is 17.1 Å². The number of hydrogen-bond acceptors (Lipinski definition) is 3. The summed E-state index contributed by atoms with van der Waals surface area (Å²) in [5.74, 6) is 0.765. The lowest BCUT2D eigenvalue weighted by Gasteiger charge is -2.13. The van der Waals surface area contributed by atoms with Crippen LogP contribution in [0.2, 0.25) is 0 Å². The van der Waals surface area contributed by atoms with Crippen LogP contribution in [0.5, 0.6) is 0 Å².